The first-order valence-electron chi connectivity index (χ1n) is 5.05. The van der Waals surface area contributed by atoms with Gasteiger partial charge < -0.3 is 5.43 Å². The smallest absolute Gasteiger partial charge is 0.241 e. The summed E-state index contributed by atoms with van der Waals surface area (Å²) in [5, 5.41) is 0. The highest BCUT2D eigenvalue weighted by Gasteiger charge is 2.29. The van der Waals surface area contributed by atoms with E-state index in [1.165, 1.54) is 0 Å². The van der Waals surface area contributed by atoms with E-state index in [4.69, 9.17) is 0 Å². The number of carbonyl (C=O) groups is 2. The van der Waals surface area contributed by atoms with Gasteiger partial charge in [-0.05, 0) is 25.7 Å². The van der Waals surface area contributed by atoms with E-state index in [0.29, 0.717) is 6.42 Å². The van der Waals surface area contributed by atoms with Crippen LogP contribution >= 0.6 is 0 Å². The maximum atomic E-state index is 11.2. The van der Waals surface area contributed by atoms with Gasteiger partial charge in [0.15, 0.2) is 5.78 Å². The number of hydrogen-bond acceptors (Lipinski definition) is 3. The first-order chi connectivity index (χ1) is 6.75. The number of allylic oxidation sites excluding steroid dienone is 2. The lowest BCUT2D eigenvalue weighted by molar-refractivity contribution is -0.123. The van der Waals surface area contributed by atoms with Gasteiger partial charge in [0.05, 0.1) is 0 Å². The van der Waals surface area contributed by atoms with Gasteiger partial charge >= 0.3 is 0 Å². The van der Waals surface area contributed by atoms with Crippen molar-refractivity contribution in [1.82, 2.24) is 10.9 Å². The van der Waals surface area contributed by atoms with Crippen molar-refractivity contribution >= 4 is 11.7 Å². The lowest BCUT2D eigenvalue weighted by Crippen LogP contribution is -2.38. The molecule has 1 saturated carbocycles. The molecule has 0 aromatic heterocycles. The van der Waals surface area contributed by atoms with Crippen molar-refractivity contribution in [3.63, 3.8) is 0 Å². The molecule has 1 amide bonds. The lowest BCUT2D eigenvalue weighted by atomic mass is 10.0. The molecule has 0 aromatic rings. The van der Waals surface area contributed by atoms with E-state index < -0.39 is 0 Å². The molecule has 2 aliphatic rings. The monoisotopic (exact) mass is 194 g/mol. The highest BCUT2D eigenvalue weighted by Crippen LogP contribution is 2.28. The van der Waals surface area contributed by atoms with Crippen LogP contribution in [0.1, 0.15) is 32.1 Å². The molecule has 4 heteroatoms. The average Bonchev–Trinajstić information content (AvgIpc) is 2.97. The van der Waals surface area contributed by atoms with Crippen LogP contribution in [0.5, 0.6) is 0 Å². The molecule has 0 spiro atoms. The number of carbonyl (C=O) groups excluding carboxylic acids is 2. The molecule has 0 unspecified atom stereocenters. The zero-order chi connectivity index (χ0) is 9.97. The summed E-state index contributed by atoms with van der Waals surface area (Å²) in [6.45, 7) is 0. The van der Waals surface area contributed by atoms with E-state index in [-0.39, 0.29) is 17.6 Å². The molecule has 1 fully saturated rings. The van der Waals surface area contributed by atoms with Gasteiger partial charge in [0, 0.05) is 24.1 Å². The normalized spacial score (nSPS) is 21.4. The first kappa shape index (κ1) is 9.24. The number of nitrogens with one attached hydrogen (secondary N) is 2. The molecule has 14 heavy (non-hydrogen) atoms. The Kier molecular flexibility index (Phi) is 2.52. The summed E-state index contributed by atoms with van der Waals surface area (Å²) in [5.41, 5.74) is 6.27. The van der Waals surface area contributed by atoms with Crippen molar-refractivity contribution in [3.05, 3.63) is 11.8 Å². The van der Waals surface area contributed by atoms with Crippen molar-refractivity contribution in [2.24, 2.45) is 5.92 Å². The number of ketones is 1. The zero-order valence-corrected chi connectivity index (χ0v) is 8.01. The highest BCUT2D eigenvalue weighted by atomic mass is 16.2. The fourth-order valence-electron chi connectivity index (χ4n) is 1.48. The molecule has 0 atom stereocenters. The molecule has 76 valence electrons. The third kappa shape index (κ3) is 2.34. The Morgan fingerprint density at radius 1 is 1.36 bits per heavy atom. The maximum Gasteiger partial charge on any atom is 0.241 e. The van der Waals surface area contributed by atoms with Crippen molar-refractivity contribution in [1.29, 1.82) is 0 Å². The highest BCUT2D eigenvalue weighted by molar-refractivity contribution is 5.91. The summed E-state index contributed by atoms with van der Waals surface area (Å²) >= 11 is 0. The Hall–Kier alpha value is -1.32. The molecular formula is C10H14N2O2. The molecule has 2 rings (SSSR count). The molecule has 0 aromatic carbocycles. The third-order valence-corrected chi connectivity index (χ3v) is 2.50. The second-order valence-corrected chi connectivity index (χ2v) is 3.88. The lowest BCUT2D eigenvalue weighted by Gasteiger charge is -2.14. The van der Waals surface area contributed by atoms with E-state index in [0.717, 1.165) is 31.4 Å². The van der Waals surface area contributed by atoms with Crippen LogP contribution in [0, 0.1) is 5.92 Å². The van der Waals surface area contributed by atoms with Crippen LogP contribution in [-0.4, -0.2) is 11.7 Å². The van der Waals surface area contributed by atoms with Gasteiger partial charge in [-0.3, -0.25) is 15.0 Å². The Balaban J connectivity index is 1.79. The average molecular weight is 194 g/mol. The summed E-state index contributed by atoms with van der Waals surface area (Å²) in [7, 11) is 0. The van der Waals surface area contributed by atoms with Gasteiger partial charge in [-0.1, -0.05) is 0 Å². The standard InChI is InChI=1S/C10H14N2O2/c13-9-3-1-2-8(6-9)11-12-10(14)7-4-5-7/h6-7,11H,1-5H2,(H,12,14). The SMILES string of the molecule is O=C1C=C(NNC(=O)C2CC2)CCC1. The zero-order valence-electron chi connectivity index (χ0n) is 8.01. The summed E-state index contributed by atoms with van der Waals surface area (Å²) in [5.74, 6) is 0.380. The fourth-order valence-corrected chi connectivity index (χ4v) is 1.48. The molecule has 0 heterocycles. The summed E-state index contributed by atoms with van der Waals surface area (Å²) in [6, 6.07) is 0. The summed E-state index contributed by atoms with van der Waals surface area (Å²) < 4.78 is 0. The van der Waals surface area contributed by atoms with Crippen LogP contribution in [0.25, 0.3) is 0 Å². The van der Waals surface area contributed by atoms with E-state index in [9.17, 15) is 9.59 Å². The van der Waals surface area contributed by atoms with Crippen LogP contribution in [0.3, 0.4) is 0 Å². The Morgan fingerprint density at radius 2 is 2.14 bits per heavy atom. The molecule has 2 N–H and O–H groups in total. The van der Waals surface area contributed by atoms with Crippen molar-refractivity contribution in [2.45, 2.75) is 32.1 Å². The minimum absolute atomic E-state index is 0.0453. The van der Waals surface area contributed by atoms with Gasteiger partial charge in [0.2, 0.25) is 5.91 Å². The van der Waals surface area contributed by atoms with E-state index in [1.54, 1.807) is 6.08 Å². The molecular weight excluding hydrogens is 180 g/mol. The van der Waals surface area contributed by atoms with Crippen molar-refractivity contribution < 1.29 is 9.59 Å². The molecule has 2 aliphatic carbocycles. The van der Waals surface area contributed by atoms with Gasteiger partial charge in [-0.2, -0.15) is 0 Å². The van der Waals surface area contributed by atoms with E-state index in [2.05, 4.69) is 10.9 Å². The summed E-state index contributed by atoms with van der Waals surface area (Å²) in [4.78, 5) is 22.3. The fraction of sp³-hybridized carbons (Fsp3) is 0.600. The van der Waals surface area contributed by atoms with Crippen LogP contribution in [-0.2, 0) is 9.59 Å². The molecule has 4 nitrogen and oxygen atoms in total. The number of hydrogen-bond donors (Lipinski definition) is 2. The van der Waals surface area contributed by atoms with Gasteiger partial charge in [-0.25, -0.2) is 0 Å². The van der Waals surface area contributed by atoms with Gasteiger partial charge in [0.1, 0.15) is 0 Å². The van der Waals surface area contributed by atoms with Crippen LogP contribution in [0.4, 0.5) is 0 Å². The quantitative estimate of drug-likeness (QED) is 0.649. The number of hydrazine groups is 1. The van der Waals surface area contributed by atoms with Crippen molar-refractivity contribution in [2.75, 3.05) is 0 Å². The Bertz CT molecular complexity index is 292. The van der Waals surface area contributed by atoms with Crippen molar-refractivity contribution in [3.8, 4) is 0 Å². The number of rotatable bonds is 3. The predicted molar refractivity (Wildman–Crippen MR) is 50.9 cm³/mol. The second kappa shape index (κ2) is 3.82. The summed E-state index contributed by atoms with van der Waals surface area (Å²) in [6.07, 6.45) is 5.91. The van der Waals surface area contributed by atoms with Crippen LogP contribution in [0.2, 0.25) is 0 Å². The van der Waals surface area contributed by atoms with Crippen LogP contribution in [0.15, 0.2) is 11.8 Å². The minimum atomic E-state index is 0.0453. The van der Waals surface area contributed by atoms with E-state index >= 15 is 0 Å². The van der Waals surface area contributed by atoms with Gasteiger partial charge in [-0.15, -0.1) is 0 Å². The predicted octanol–water partition coefficient (Wildman–Crippen LogP) is 0.654. The Labute approximate surface area is 82.7 Å². The molecule has 0 radical (unpaired) electrons. The second-order valence-electron chi connectivity index (χ2n) is 3.88. The first-order valence-corrected chi connectivity index (χ1v) is 5.05. The minimum Gasteiger partial charge on any atom is -0.303 e. The molecule has 0 aliphatic heterocycles. The largest absolute Gasteiger partial charge is 0.303 e. The van der Waals surface area contributed by atoms with E-state index in [1.807, 2.05) is 0 Å². The van der Waals surface area contributed by atoms with Crippen LogP contribution < -0.4 is 10.9 Å². The maximum absolute atomic E-state index is 11.2. The number of amides is 1. The molecule has 0 saturated heterocycles. The van der Waals surface area contributed by atoms with Gasteiger partial charge in [0.25, 0.3) is 0 Å². The Morgan fingerprint density at radius 3 is 2.79 bits per heavy atom. The molecule has 0 bridgehead atoms. The third-order valence-electron chi connectivity index (χ3n) is 2.50. The topological polar surface area (TPSA) is 58.2 Å².